The Morgan fingerprint density at radius 1 is 0.810 bits per heavy atom. The third-order valence-corrected chi connectivity index (χ3v) is 15.5. The molecule has 0 spiro atoms. The number of carbonyl (C=O) groups is 1. The monoisotopic (exact) mass is 572 g/mol. The fourth-order valence-corrected chi connectivity index (χ4v) is 13.1. The van der Waals surface area contributed by atoms with Gasteiger partial charge in [0.25, 0.3) is 0 Å². The van der Waals surface area contributed by atoms with Gasteiger partial charge in [0.2, 0.25) is 0 Å². The second-order valence-electron chi connectivity index (χ2n) is 17.8. The summed E-state index contributed by atoms with van der Waals surface area (Å²) in [6, 6.07) is 10.0. The number of hydrogen-bond acceptors (Lipinski definition) is 3. The molecule has 2 bridgehead atoms. The zero-order chi connectivity index (χ0) is 29.8. The van der Waals surface area contributed by atoms with Crippen molar-refractivity contribution in [1.29, 1.82) is 0 Å². The lowest BCUT2D eigenvalue weighted by molar-refractivity contribution is -0.253. The second kappa shape index (κ2) is 9.45. The molecule has 0 radical (unpaired) electrons. The van der Waals surface area contributed by atoms with E-state index in [0.717, 1.165) is 36.3 Å². The van der Waals surface area contributed by atoms with Crippen LogP contribution in [0.1, 0.15) is 118 Å². The summed E-state index contributed by atoms with van der Waals surface area (Å²) >= 11 is 0. The van der Waals surface area contributed by atoms with Crippen molar-refractivity contribution in [3.8, 4) is 0 Å². The lowest BCUT2D eigenvalue weighted by atomic mass is 9.31. The molecule has 3 heteroatoms. The van der Waals surface area contributed by atoms with Crippen LogP contribution in [0.2, 0.25) is 0 Å². The van der Waals surface area contributed by atoms with Gasteiger partial charge in [-0.2, -0.15) is 0 Å². The van der Waals surface area contributed by atoms with Gasteiger partial charge in [0.15, 0.2) is 0 Å². The molecule has 5 aliphatic carbocycles. The predicted molar refractivity (Wildman–Crippen MR) is 170 cm³/mol. The number of hydrogen-bond donors (Lipinski definition) is 0. The molecule has 230 valence electrons. The number of ether oxygens (including phenoxy) is 2. The van der Waals surface area contributed by atoms with Crippen molar-refractivity contribution in [2.75, 3.05) is 6.61 Å². The van der Waals surface area contributed by atoms with Crippen molar-refractivity contribution in [3.63, 3.8) is 0 Å². The van der Waals surface area contributed by atoms with Crippen molar-refractivity contribution in [2.24, 2.45) is 56.2 Å². The summed E-state index contributed by atoms with van der Waals surface area (Å²) in [4.78, 5) is 13.0. The molecular formula is C39H56O3. The molecule has 5 saturated carbocycles. The zero-order valence-electron chi connectivity index (χ0n) is 27.5. The van der Waals surface area contributed by atoms with Crippen LogP contribution in [0.25, 0.3) is 6.08 Å². The first-order chi connectivity index (χ1) is 19.8. The highest BCUT2D eigenvalue weighted by molar-refractivity contribution is 5.87. The van der Waals surface area contributed by atoms with E-state index in [4.69, 9.17) is 9.47 Å². The molecule has 0 N–H and O–H groups in total. The average Bonchev–Trinajstić information content (AvgIpc) is 3.28. The van der Waals surface area contributed by atoms with E-state index in [0.29, 0.717) is 39.1 Å². The van der Waals surface area contributed by atoms with Crippen LogP contribution >= 0.6 is 0 Å². The Bertz CT molecular complexity index is 1250. The van der Waals surface area contributed by atoms with Crippen molar-refractivity contribution >= 4 is 12.0 Å². The third-order valence-electron chi connectivity index (χ3n) is 15.5. The van der Waals surface area contributed by atoms with Gasteiger partial charge in [0.05, 0.1) is 12.7 Å². The van der Waals surface area contributed by atoms with Gasteiger partial charge >= 0.3 is 5.97 Å². The van der Waals surface area contributed by atoms with Gasteiger partial charge in [-0.3, -0.25) is 0 Å². The van der Waals surface area contributed by atoms with Crippen molar-refractivity contribution in [2.45, 2.75) is 125 Å². The maximum Gasteiger partial charge on any atom is 0.331 e. The van der Waals surface area contributed by atoms with Gasteiger partial charge in [0, 0.05) is 11.5 Å². The van der Waals surface area contributed by atoms with Crippen LogP contribution in [0.5, 0.6) is 0 Å². The van der Waals surface area contributed by atoms with E-state index in [1.54, 1.807) is 6.08 Å². The molecule has 1 aromatic carbocycles. The molecule has 1 saturated heterocycles. The number of esters is 1. The lowest BCUT2D eigenvalue weighted by Gasteiger charge is -2.73. The van der Waals surface area contributed by atoms with Gasteiger partial charge in [-0.15, -0.1) is 0 Å². The lowest BCUT2D eigenvalue weighted by Crippen LogP contribution is -2.67. The quantitative estimate of drug-likeness (QED) is 0.267. The van der Waals surface area contributed by atoms with Crippen molar-refractivity contribution < 1.29 is 14.3 Å². The van der Waals surface area contributed by atoms with E-state index in [2.05, 4.69) is 48.5 Å². The molecule has 0 amide bonds. The molecule has 1 aromatic rings. The molecule has 3 nitrogen and oxygen atoms in total. The van der Waals surface area contributed by atoms with Crippen LogP contribution < -0.4 is 0 Å². The Morgan fingerprint density at radius 3 is 2.31 bits per heavy atom. The highest BCUT2D eigenvalue weighted by atomic mass is 16.5. The second-order valence-corrected chi connectivity index (χ2v) is 17.8. The number of carbonyl (C=O) groups excluding carboxylic acids is 1. The number of rotatable bonds is 3. The Balaban J connectivity index is 1.13. The molecule has 7 unspecified atom stereocenters. The summed E-state index contributed by atoms with van der Waals surface area (Å²) in [6.45, 7) is 18.9. The SMILES string of the molecule is CC1(C)CCC23CC[C@]4(C)C(CCC5[C@@]6(C)CCC(OC(=O)C=Cc7ccccc7)C(C)(C)C6CC[C@]54C)C2C1OC3. The molecule has 7 rings (SSSR count). The van der Waals surface area contributed by atoms with E-state index < -0.39 is 0 Å². The van der Waals surface area contributed by atoms with Crippen molar-refractivity contribution in [3.05, 3.63) is 42.0 Å². The Kier molecular flexibility index (Phi) is 6.55. The van der Waals surface area contributed by atoms with Gasteiger partial charge in [-0.1, -0.05) is 78.8 Å². The third kappa shape index (κ3) is 3.89. The highest BCUT2D eigenvalue weighted by Crippen LogP contribution is 2.78. The Hall–Kier alpha value is -1.61. The van der Waals surface area contributed by atoms with Crippen LogP contribution in [-0.2, 0) is 14.3 Å². The van der Waals surface area contributed by atoms with Crippen LogP contribution in [0.4, 0.5) is 0 Å². The van der Waals surface area contributed by atoms with Crippen LogP contribution in [0.3, 0.4) is 0 Å². The summed E-state index contributed by atoms with van der Waals surface area (Å²) < 4.78 is 13.0. The summed E-state index contributed by atoms with van der Waals surface area (Å²) in [6.07, 6.45) is 16.9. The predicted octanol–water partition coefficient (Wildman–Crippen LogP) is 9.50. The molecule has 1 heterocycles. The molecule has 6 fully saturated rings. The van der Waals surface area contributed by atoms with E-state index in [-0.39, 0.29) is 17.5 Å². The maximum absolute atomic E-state index is 13.0. The minimum Gasteiger partial charge on any atom is -0.459 e. The van der Waals surface area contributed by atoms with E-state index in [1.165, 1.54) is 57.8 Å². The first-order valence-electron chi connectivity index (χ1n) is 17.3. The van der Waals surface area contributed by atoms with Crippen LogP contribution in [0.15, 0.2) is 36.4 Å². The zero-order valence-corrected chi connectivity index (χ0v) is 27.5. The van der Waals surface area contributed by atoms with Gasteiger partial charge < -0.3 is 9.47 Å². The smallest absolute Gasteiger partial charge is 0.331 e. The summed E-state index contributed by atoms with van der Waals surface area (Å²) in [5, 5.41) is 0. The Labute approximate surface area is 255 Å². The van der Waals surface area contributed by atoms with E-state index in [1.807, 2.05) is 36.4 Å². The normalized spacial score (nSPS) is 48.5. The topological polar surface area (TPSA) is 35.5 Å². The summed E-state index contributed by atoms with van der Waals surface area (Å²) in [5.74, 6) is 2.66. The van der Waals surface area contributed by atoms with Crippen LogP contribution in [0, 0.1) is 56.2 Å². The standard InChI is InChI=1S/C39H56O3/c1-34(2)21-23-39-24-22-37(6)27(32(39)33(34)41-25-39)14-15-29-36(5)19-18-30(35(3,4)28(36)17-20-38(29,37)7)42-31(40)16-13-26-11-9-8-10-12-26/h8-13,16,27-30,32-33H,14-15,17-25H2,1-7H3/t27?,28?,29?,30?,32?,33?,36-,37+,38+,39?/m0/s1. The highest BCUT2D eigenvalue weighted by Gasteiger charge is 2.72. The minimum atomic E-state index is -0.197. The molecular weight excluding hydrogens is 516 g/mol. The molecule has 0 aromatic heterocycles. The molecule has 6 aliphatic rings. The Morgan fingerprint density at radius 2 is 1.55 bits per heavy atom. The molecule has 1 aliphatic heterocycles. The van der Waals surface area contributed by atoms with E-state index >= 15 is 0 Å². The van der Waals surface area contributed by atoms with Gasteiger partial charge in [0.1, 0.15) is 6.10 Å². The first-order valence-corrected chi connectivity index (χ1v) is 17.3. The fraction of sp³-hybridized carbons (Fsp3) is 0.769. The molecule has 10 atom stereocenters. The number of fused-ring (bicyclic) bond motifs is 5. The first kappa shape index (κ1) is 29.1. The largest absolute Gasteiger partial charge is 0.459 e. The maximum atomic E-state index is 13.0. The van der Waals surface area contributed by atoms with E-state index in [9.17, 15) is 4.79 Å². The molecule has 42 heavy (non-hydrogen) atoms. The summed E-state index contributed by atoms with van der Waals surface area (Å²) in [7, 11) is 0. The fourth-order valence-electron chi connectivity index (χ4n) is 13.1. The van der Waals surface area contributed by atoms with Gasteiger partial charge in [-0.05, 0) is 127 Å². The number of benzene rings is 1. The average molecular weight is 573 g/mol. The van der Waals surface area contributed by atoms with Gasteiger partial charge in [-0.25, -0.2) is 4.79 Å². The summed E-state index contributed by atoms with van der Waals surface area (Å²) in [5.41, 5.74) is 2.80. The van der Waals surface area contributed by atoms with Crippen molar-refractivity contribution in [1.82, 2.24) is 0 Å². The van der Waals surface area contributed by atoms with Crippen LogP contribution in [-0.4, -0.2) is 24.8 Å². The minimum absolute atomic E-state index is 0.0217.